The summed E-state index contributed by atoms with van der Waals surface area (Å²) in [5.41, 5.74) is 0.945. The summed E-state index contributed by atoms with van der Waals surface area (Å²) in [6, 6.07) is 0. The predicted octanol–water partition coefficient (Wildman–Crippen LogP) is 3.40. The maximum Gasteiger partial charge on any atom is 0.334 e. The number of carbonyl (C=O) groups is 2. The maximum absolute atomic E-state index is 11.8. The molecular formula is C15H26O4. The highest BCUT2D eigenvalue weighted by atomic mass is 16.5. The molecule has 0 aromatic rings. The van der Waals surface area contributed by atoms with E-state index < -0.39 is 11.9 Å². The van der Waals surface area contributed by atoms with Gasteiger partial charge in [-0.1, -0.05) is 39.5 Å². The Balaban J connectivity index is 5.01. The molecule has 0 N–H and O–H groups in total. The van der Waals surface area contributed by atoms with Crippen LogP contribution in [-0.2, 0) is 19.1 Å². The maximum atomic E-state index is 11.8. The Hall–Kier alpha value is -1.32. The zero-order chi connectivity index (χ0) is 14.7. The topological polar surface area (TPSA) is 52.6 Å². The third-order valence-corrected chi connectivity index (χ3v) is 3.01. The lowest BCUT2D eigenvalue weighted by Crippen LogP contribution is -2.15. The van der Waals surface area contributed by atoms with Crippen LogP contribution in [-0.4, -0.2) is 26.2 Å². The molecule has 0 radical (unpaired) electrons. The molecule has 0 saturated heterocycles. The average molecular weight is 270 g/mol. The number of hydrogen-bond acceptors (Lipinski definition) is 4. The van der Waals surface area contributed by atoms with Crippen LogP contribution in [0.4, 0.5) is 0 Å². The van der Waals surface area contributed by atoms with Crippen LogP contribution in [0.15, 0.2) is 11.1 Å². The normalized spacial score (nSPS) is 11.8. The summed E-state index contributed by atoms with van der Waals surface area (Å²) in [6.07, 6.45) is 6.13. The first kappa shape index (κ1) is 17.7. The number of hydrogen-bond donors (Lipinski definition) is 0. The van der Waals surface area contributed by atoms with E-state index in [1.54, 1.807) is 0 Å². The van der Waals surface area contributed by atoms with E-state index in [-0.39, 0.29) is 0 Å². The minimum Gasteiger partial charge on any atom is -0.466 e. The lowest BCUT2D eigenvalue weighted by atomic mass is 9.98. The van der Waals surface area contributed by atoms with Crippen molar-refractivity contribution < 1.29 is 19.1 Å². The van der Waals surface area contributed by atoms with Gasteiger partial charge in [-0.2, -0.15) is 0 Å². The Morgan fingerprint density at radius 2 is 1.26 bits per heavy atom. The SMILES string of the molecule is CCCCCC/C(C(=O)OC)=C(\CCC)C(=O)OC. The van der Waals surface area contributed by atoms with Crippen molar-refractivity contribution in [1.29, 1.82) is 0 Å². The molecule has 0 bridgehead atoms. The van der Waals surface area contributed by atoms with Crippen LogP contribution in [0, 0.1) is 0 Å². The van der Waals surface area contributed by atoms with Crippen molar-refractivity contribution >= 4 is 11.9 Å². The summed E-state index contributed by atoms with van der Waals surface area (Å²) >= 11 is 0. The number of ether oxygens (including phenoxy) is 2. The van der Waals surface area contributed by atoms with E-state index in [2.05, 4.69) is 6.92 Å². The fourth-order valence-corrected chi connectivity index (χ4v) is 1.98. The Bertz CT molecular complexity index is 318. The van der Waals surface area contributed by atoms with Gasteiger partial charge in [0.05, 0.1) is 14.2 Å². The summed E-state index contributed by atoms with van der Waals surface area (Å²) in [7, 11) is 2.68. The first-order valence-electron chi connectivity index (χ1n) is 7.00. The fourth-order valence-electron chi connectivity index (χ4n) is 1.98. The van der Waals surface area contributed by atoms with Crippen LogP contribution in [0.1, 0.15) is 58.8 Å². The largest absolute Gasteiger partial charge is 0.466 e. The van der Waals surface area contributed by atoms with Crippen molar-refractivity contribution in [3.05, 3.63) is 11.1 Å². The van der Waals surface area contributed by atoms with Gasteiger partial charge in [-0.15, -0.1) is 0 Å². The third-order valence-electron chi connectivity index (χ3n) is 3.01. The molecule has 0 aromatic carbocycles. The van der Waals surface area contributed by atoms with E-state index in [0.717, 1.165) is 32.1 Å². The van der Waals surface area contributed by atoms with Crippen molar-refractivity contribution in [2.24, 2.45) is 0 Å². The van der Waals surface area contributed by atoms with Crippen LogP contribution in [0.3, 0.4) is 0 Å². The number of unbranched alkanes of at least 4 members (excludes halogenated alkanes) is 3. The first-order valence-corrected chi connectivity index (χ1v) is 7.00. The van der Waals surface area contributed by atoms with E-state index in [0.29, 0.717) is 24.0 Å². The first-order chi connectivity index (χ1) is 9.12. The zero-order valence-corrected chi connectivity index (χ0v) is 12.6. The Kier molecular flexibility index (Phi) is 9.85. The molecule has 0 amide bonds. The predicted molar refractivity (Wildman–Crippen MR) is 74.7 cm³/mol. The Morgan fingerprint density at radius 1 is 0.737 bits per heavy atom. The summed E-state index contributed by atoms with van der Waals surface area (Å²) < 4.78 is 9.55. The molecular weight excluding hydrogens is 244 g/mol. The van der Waals surface area contributed by atoms with E-state index in [1.807, 2.05) is 6.92 Å². The van der Waals surface area contributed by atoms with Crippen LogP contribution < -0.4 is 0 Å². The summed E-state index contributed by atoms with van der Waals surface area (Å²) in [4.78, 5) is 23.6. The van der Waals surface area contributed by atoms with Crippen LogP contribution in [0.2, 0.25) is 0 Å². The molecule has 0 unspecified atom stereocenters. The van der Waals surface area contributed by atoms with E-state index in [9.17, 15) is 9.59 Å². The van der Waals surface area contributed by atoms with E-state index in [1.165, 1.54) is 14.2 Å². The molecule has 0 heterocycles. The van der Waals surface area contributed by atoms with Crippen LogP contribution in [0.25, 0.3) is 0 Å². The second-order valence-electron chi connectivity index (χ2n) is 4.50. The van der Waals surface area contributed by atoms with Crippen molar-refractivity contribution in [3.8, 4) is 0 Å². The third kappa shape index (κ3) is 6.41. The number of rotatable bonds is 9. The summed E-state index contributed by atoms with van der Waals surface area (Å²) in [6.45, 7) is 4.10. The van der Waals surface area contributed by atoms with Gasteiger partial charge in [0.1, 0.15) is 0 Å². The molecule has 110 valence electrons. The molecule has 0 spiro atoms. The number of esters is 2. The van der Waals surface area contributed by atoms with Gasteiger partial charge in [-0.05, 0) is 19.3 Å². The lowest BCUT2D eigenvalue weighted by molar-refractivity contribution is -0.139. The molecule has 0 aliphatic heterocycles. The number of carbonyl (C=O) groups excluding carboxylic acids is 2. The van der Waals surface area contributed by atoms with Gasteiger partial charge in [-0.25, -0.2) is 9.59 Å². The second kappa shape index (κ2) is 10.6. The molecule has 0 atom stereocenters. The highest BCUT2D eigenvalue weighted by molar-refractivity contribution is 6.00. The fraction of sp³-hybridized carbons (Fsp3) is 0.733. The van der Waals surface area contributed by atoms with Gasteiger partial charge >= 0.3 is 11.9 Å². The standard InChI is InChI=1S/C15H26O4/c1-5-7-8-9-11-13(15(17)19-4)12(10-6-2)14(16)18-3/h5-11H2,1-4H3/b13-12-. The molecule has 4 nitrogen and oxygen atoms in total. The number of methoxy groups -OCH3 is 2. The van der Waals surface area contributed by atoms with Crippen LogP contribution in [0.5, 0.6) is 0 Å². The molecule has 0 saturated carbocycles. The summed E-state index contributed by atoms with van der Waals surface area (Å²) in [5.74, 6) is -0.830. The minimum atomic E-state index is -0.419. The Morgan fingerprint density at radius 3 is 1.68 bits per heavy atom. The minimum absolute atomic E-state index is 0.412. The average Bonchev–Trinajstić information content (AvgIpc) is 2.44. The van der Waals surface area contributed by atoms with Crippen molar-refractivity contribution in [1.82, 2.24) is 0 Å². The van der Waals surface area contributed by atoms with E-state index in [4.69, 9.17) is 9.47 Å². The lowest BCUT2D eigenvalue weighted by Gasteiger charge is -2.12. The molecule has 19 heavy (non-hydrogen) atoms. The summed E-state index contributed by atoms with van der Waals surface area (Å²) in [5, 5.41) is 0. The highest BCUT2D eigenvalue weighted by Gasteiger charge is 2.21. The molecule has 0 rings (SSSR count). The van der Waals surface area contributed by atoms with Gasteiger partial charge < -0.3 is 9.47 Å². The molecule has 0 aliphatic rings. The van der Waals surface area contributed by atoms with Crippen molar-refractivity contribution in [2.45, 2.75) is 58.8 Å². The van der Waals surface area contributed by atoms with Crippen LogP contribution >= 0.6 is 0 Å². The molecule has 0 fully saturated rings. The smallest absolute Gasteiger partial charge is 0.334 e. The van der Waals surface area contributed by atoms with E-state index >= 15 is 0 Å². The van der Waals surface area contributed by atoms with Gasteiger partial charge in [0, 0.05) is 11.1 Å². The highest BCUT2D eigenvalue weighted by Crippen LogP contribution is 2.20. The molecule has 0 aliphatic carbocycles. The van der Waals surface area contributed by atoms with Crippen molar-refractivity contribution in [2.75, 3.05) is 14.2 Å². The Labute approximate surface area is 116 Å². The van der Waals surface area contributed by atoms with Gasteiger partial charge in [0.2, 0.25) is 0 Å². The zero-order valence-electron chi connectivity index (χ0n) is 12.6. The second-order valence-corrected chi connectivity index (χ2v) is 4.50. The quantitative estimate of drug-likeness (QED) is 0.366. The molecule has 4 heteroatoms. The monoisotopic (exact) mass is 270 g/mol. The van der Waals surface area contributed by atoms with Gasteiger partial charge in [-0.3, -0.25) is 0 Å². The molecule has 0 aromatic heterocycles. The van der Waals surface area contributed by atoms with Gasteiger partial charge in [0.25, 0.3) is 0 Å². The van der Waals surface area contributed by atoms with Gasteiger partial charge in [0.15, 0.2) is 0 Å². The van der Waals surface area contributed by atoms with Crippen molar-refractivity contribution in [3.63, 3.8) is 0 Å².